The Morgan fingerprint density at radius 3 is 2.78 bits per heavy atom. The molecule has 0 aliphatic carbocycles. The Kier molecular flexibility index (Phi) is 6.16. The van der Waals surface area contributed by atoms with Crippen LogP contribution in [0.4, 0.5) is 5.69 Å². The molecule has 12 heteroatoms. The number of benzene rings is 1. The van der Waals surface area contributed by atoms with Crippen molar-refractivity contribution in [2.24, 2.45) is 4.99 Å². The van der Waals surface area contributed by atoms with E-state index in [4.69, 9.17) is 21.4 Å². The lowest BCUT2D eigenvalue weighted by Crippen LogP contribution is -2.38. The van der Waals surface area contributed by atoms with Gasteiger partial charge in [0.1, 0.15) is 13.2 Å². The lowest BCUT2D eigenvalue weighted by molar-refractivity contribution is -0.143. The molecule has 3 rings (SSSR count). The largest absolute Gasteiger partial charge is 0.480 e. The van der Waals surface area contributed by atoms with Gasteiger partial charge in [-0.3, -0.25) is 4.79 Å². The van der Waals surface area contributed by atoms with Crippen LogP contribution in [0.1, 0.15) is 0 Å². The first-order valence-corrected chi connectivity index (χ1v) is 11.6. The molecular weight excluding hydrogens is 484 g/mol. The third-order valence-corrected chi connectivity index (χ3v) is 7.91. The number of hydrogen-bond acceptors (Lipinski definition) is 6. The molecule has 1 aromatic rings. The van der Waals surface area contributed by atoms with E-state index in [1.54, 1.807) is 23.1 Å². The molecule has 0 saturated carbocycles. The molecule has 2 fully saturated rings. The zero-order chi connectivity index (χ0) is 19.8. The number of fused-ring (bicyclic) bond motifs is 1. The smallest absolute Gasteiger partial charge is 0.329 e. The van der Waals surface area contributed by atoms with E-state index < -0.39 is 34.9 Å². The molecule has 1 amide bonds. The SMILES string of the molecule is O=C(O)COCC(=O)N=C1S[C@H]2CS(=O)(=O)C[C@H]2N1c1ccc(Br)cc1Cl. The monoisotopic (exact) mass is 496 g/mol. The van der Waals surface area contributed by atoms with Gasteiger partial charge in [0.15, 0.2) is 15.0 Å². The van der Waals surface area contributed by atoms with Crippen LogP contribution in [0.15, 0.2) is 27.7 Å². The molecule has 8 nitrogen and oxygen atoms in total. The number of halogens is 2. The molecule has 2 aliphatic heterocycles. The molecule has 0 aromatic heterocycles. The normalized spacial score (nSPS) is 25.0. The van der Waals surface area contributed by atoms with E-state index >= 15 is 0 Å². The molecule has 0 spiro atoms. The first-order chi connectivity index (χ1) is 12.7. The Hall–Kier alpha value is -1.14. The van der Waals surface area contributed by atoms with Crippen LogP contribution in [-0.2, 0) is 24.2 Å². The maximum absolute atomic E-state index is 12.0. The molecule has 2 heterocycles. The van der Waals surface area contributed by atoms with Gasteiger partial charge in [0.2, 0.25) is 0 Å². The number of aliphatic imine (C=N–C) groups is 1. The summed E-state index contributed by atoms with van der Waals surface area (Å²) in [7, 11) is -3.19. The lowest BCUT2D eigenvalue weighted by atomic mass is 10.2. The number of carboxylic acid groups (broad SMARTS) is 1. The maximum Gasteiger partial charge on any atom is 0.329 e. The van der Waals surface area contributed by atoms with Crippen molar-refractivity contribution < 1.29 is 27.9 Å². The Morgan fingerprint density at radius 1 is 1.37 bits per heavy atom. The van der Waals surface area contributed by atoms with Crippen molar-refractivity contribution in [3.63, 3.8) is 0 Å². The molecule has 146 valence electrons. The van der Waals surface area contributed by atoms with Crippen LogP contribution in [0, 0.1) is 0 Å². The van der Waals surface area contributed by atoms with Crippen molar-refractivity contribution in [3.8, 4) is 0 Å². The minimum atomic E-state index is -3.19. The van der Waals surface area contributed by atoms with E-state index in [1.165, 1.54) is 11.8 Å². The first kappa shape index (κ1) is 20.6. The van der Waals surface area contributed by atoms with E-state index in [0.29, 0.717) is 15.9 Å². The molecule has 2 atom stereocenters. The summed E-state index contributed by atoms with van der Waals surface area (Å²) < 4.78 is 29.6. The number of amides is 1. The summed E-state index contributed by atoms with van der Waals surface area (Å²) >= 11 is 10.9. The number of anilines is 1. The molecular formula is C15H14BrClN2O6S2. The van der Waals surface area contributed by atoms with Crippen LogP contribution in [-0.4, -0.2) is 66.6 Å². The fourth-order valence-electron chi connectivity index (χ4n) is 2.89. The average molecular weight is 498 g/mol. The average Bonchev–Trinajstić information content (AvgIpc) is 2.98. The van der Waals surface area contributed by atoms with Gasteiger partial charge in [0.05, 0.1) is 28.3 Å². The van der Waals surface area contributed by atoms with Gasteiger partial charge in [0.25, 0.3) is 5.91 Å². The first-order valence-electron chi connectivity index (χ1n) is 7.69. The van der Waals surface area contributed by atoms with Gasteiger partial charge in [-0.1, -0.05) is 39.3 Å². The second kappa shape index (κ2) is 8.08. The van der Waals surface area contributed by atoms with Crippen LogP contribution in [0.25, 0.3) is 0 Å². The summed E-state index contributed by atoms with van der Waals surface area (Å²) in [5, 5.41) is 9.00. The Bertz CT molecular complexity index is 923. The topological polar surface area (TPSA) is 113 Å². The van der Waals surface area contributed by atoms with Crippen LogP contribution >= 0.6 is 39.3 Å². The number of sulfone groups is 1. The Morgan fingerprint density at radius 2 is 2.11 bits per heavy atom. The van der Waals surface area contributed by atoms with Gasteiger partial charge < -0.3 is 14.7 Å². The van der Waals surface area contributed by atoms with E-state index in [-0.39, 0.29) is 22.8 Å². The van der Waals surface area contributed by atoms with Gasteiger partial charge in [-0.05, 0) is 18.2 Å². The molecule has 0 radical (unpaired) electrons. The summed E-state index contributed by atoms with van der Waals surface area (Å²) in [5.41, 5.74) is 0.551. The standard InChI is InChI=1S/C15H14BrClN2O6S2/c16-8-1-2-10(9(17)3-8)19-11-6-27(23,24)7-12(11)26-15(19)18-13(20)4-25-5-14(21)22/h1-3,11-12H,4-7H2,(H,21,22)/t11-,12+/m1/s1. The van der Waals surface area contributed by atoms with Gasteiger partial charge >= 0.3 is 5.97 Å². The van der Waals surface area contributed by atoms with Crippen molar-refractivity contribution in [2.75, 3.05) is 29.6 Å². The number of thioether (sulfide) groups is 1. The number of carboxylic acids is 1. The number of carbonyl (C=O) groups is 2. The highest BCUT2D eigenvalue weighted by molar-refractivity contribution is 9.10. The number of carbonyl (C=O) groups excluding carboxylic acids is 1. The quantitative estimate of drug-likeness (QED) is 0.655. The van der Waals surface area contributed by atoms with Gasteiger partial charge in [-0.25, -0.2) is 13.2 Å². The molecule has 1 N–H and O–H groups in total. The minimum Gasteiger partial charge on any atom is -0.480 e. The Balaban J connectivity index is 1.89. The van der Waals surface area contributed by atoms with Crippen molar-refractivity contribution >= 4 is 71.9 Å². The highest BCUT2D eigenvalue weighted by atomic mass is 79.9. The van der Waals surface area contributed by atoms with Crippen LogP contribution in [0.5, 0.6) is 0 Å². The minimum absolute atomic E-state index is 0.00426. The second-order valence-electron chi connectivity index (χ2n) is 5.94. The lowest BCUT2D eigenvalue weighted by Gasteiger charge is -2.25. The molecule has 27 heavy (non-hydrogen) atoms. The van der Waals surface area contributed by atoms with E-state index in [1.807, 2.05) is 0 Å². The fourth-order valence-corrected chi connectivity index (χ4v) is 7.58. The summed E-state index contributed by atoms with van der Waals surface area (Å²) in [6, 6.07) is 4.78. The molecule has 0 unspecified atom stereocenters. The van der Waals surface area contributed by atoms with Crippen LogP contribution < -0.4 is 4.90 Å². The summed E-state index contributed by atoms with van der Waals surface area (Å²) in [6.45, 7) is -1.08. The van der Waals surface area contributed by atoms with Gasteiger partial charge in [-0.2, -0.15) is 4.99 Å². The predicted molar refractivity (Wildman–Crippen MR) is 106 cm³/mol. The molecule has 1 aromatic carbocycles. The summed E-state index contributed by atoms with van der Waals surface area (Å²) in [4.78, 5) is 28.2. The van der Waals surface area contributed by atoms with E-state index in [9.17, 15) is 18.0 Å². The number of rotatable bonds is 5. The van der Waals surface area contributed by atoms with Gasteiger partial charge in [-0.15, -0.1) is 0 Å². The van der Waals surface area contributed by atoms with Crippen molar-refractivity contribution in [1.29, 1.82) is 0 Å². The van der Waals surface area contributed by atoms with Crippen molar-refractivity contribution in [3.05, 3.63) is 27.7 Å². The second-order valence-corrected chi connectivity index (χ2v) is 10.6. The van der Waals surface area contributed by atoms with Crippen LogP contribution in [0.2, 0.25) is 5.02 Å². The third-order valence-electron chi connectivity index (χ3n) is 3.91. The maximum atomic E-state index is 12.0. The number of ether oxygens (including phenoxy) is 1. The molecule has 2 aliphatic rings. The predicted octanol–water partition coefficient (Wildman–Crippen LogP) is 1.81. The van der Waals surface area contributed by atoms with Gasteiger partial charge in [0, 0.05) is 9.72 Å². The highest BCUT2D eigenvalue weighted by Gasteiger charge is 2.49. The molecule has 0 bridgehead atoms. The fraction of sp³-hybridized carbons (Fsp3) is 0.400. The zero-order valence-electron chi connectivity index (χ0n) is 13.7. The van der Waals surface area contributed by atoms with Crippen molar-refractivity contribution in [1.82, 2.24) is 0 Å². The van der Waals surface area contributed by atoms with E-state index in [0.717, 1.165) is 4.47 Å². The third kappa shape index (κ3) is 4.83. The summed E-state index contributed by atoms with van der Waals surface area (Å²) in [6.07, 6.45) is 0. The highest BCUT2D eigenvalue weighted by Crippen LogP contribution is 2.43. The Labute approximate surface area is 173 Å². The molecule has 2 saturated heterocycles. The van der Waals surface area contributed by atoms with E-state index in [2.05, 4.69) is 20.9 Å². The zero-order valence-corrected chi connectivity index (χ0v) is 17.6. The summed E-state index contributed by atoms with van der Waals surface area (Å²) in [5.74, 6) is -1.90. The number of aliphatic carboxylic acids is 1. The van der Waals surface area contributed by atoms with Crippen molar-refractivity contribution in [2.45, 2.75) is 11.3 Å². The number of nitrogens with zero attached hydrogens (tertiary/aromatic N) is 2. The number of hydrogen-bond donors (Lipinski definition) is 1. The number of amidine groups is 1. The van der Waals surface area contributed by atoms with Crippen LogP contribution in [0.3, 0.4) is 0 Å².